The van der Waals surface area contributed by atoms with Crippen molar-refractivity contribution in [3.05, 3.63) is 102 Å². The Morgan fingerprint density at radius 3 is 2.34 bits per heavy atom. The van der Waals surface area contributed by atoms with E-state index in [4.69, 9.17) is 0 Å². The van der Waals surface area contributed by atoms with Gasteiger partial charge in [0.25, 0.3) is 5.91 Å². The van der Waals surface area contributed by atoms with E-state index in [2.05, 4.69) is 82.8 Å². The first-order valence-corrected chi connectivity index (χ1v) is 15.8. The van der Waals surface area contributed by atoms with Gasteiger partial charge in [-0.05, 0) is 80.1 Å². The molecule has 0 bridgehead atoms. The molecule has 8 heteroatoms. The molecule has 0 saturated carbocycles. The molecule has 0 aliphatic carbocycles. The molecule has 0 aliphatic rings. The van der Waals surface area contributed by atoms with Gasteiger partial charge in [-0.3, -0.25) is 9.59 Å². The van der Waals surface area contributed by atoms with E-state index in [1.54, 1.807) is 12.4 Å². The van der Waals surface area contributed by atoms with Gasteiger partial charge in [0.05, 0.1) is 12.6 Å². The average Bonchev–Trinajstić information content (AvgIpc) is 3.53. The molecule has 0 saturated heterocycles. The molecule has 2 atom stereocenters. The summed E-state index contributed by atoms with van der Waals surface area (Å²) >= 11 is 0. The molecule has 2 amide bonds. The highest BCUT2D eigenvalue weighted by Gasteiger charge is 2.24. The number of nitrogens with zero attached hydrogens (tertiary/aromatic N) is 2. The lowest BCUT2D eigenvalue weighted by Crippen LogP contribution is -2.47. The number of rotatable bonds is 16. The average molecular weight is 597 g/mol. The molecule has 4 rings (SSSR count). The number of hydrogen-bond donors (Lipinski definition) is 4. The molecule has 8 nitrogen and oxygen atoms in total. The van der Waals surface area contributed by atoms with Crippen molar-refractivity contribution in [3.8, 4) is 0 Å². The van der Waals surface area contributed by atoms with Crippen molar-refractivity contribution in [2.75, 3.05) is 13.1 Å². The van der Waals surface area contributed by atoms with Crippen LogP contribution in [0.2, 0.25) is 0 Å². The van der Waals surface area contributed by atoms with Gasteiger partial charge < -0.3 is 25.8 Å². The lowest BCUT2D eigenvalue weighted by atomic mass is 9.99. The second kappa shape index (κ2) is 16.2. The van der Waals surface area contributed by atoms with E-state index >= 15 is 0 Å². The molecule has 0 radical (unpaired) electrons. The molecule has 4 N–H and O–H groups in total. The number of nitrogens with one attached hydrogen (secondary N) is 4. The number of aromatic nitrogens is 2. The minimum Gasteiger partial charge on any atom is -0.348 e. The van der Waals surface area contributed by atoms with E-state index in [9.17, 15) is 9.59 Å². The molecule has 3 aromatic carbocycles. The summed E-state index contributed by atoms with van der Waals surface area (Å²) in [4.78, 5) is 36.9. The lowest BCUT2D eigenvalue weighted by molar-refractivity contribution is -0.123. The van der Waals surface area contributed by atoms with Crippen LogP contribution in [0.25, 0.3) is 10.8 Å². The predicted molar refractivity (Wildman–Crippen MR) is 178 cm³/mol. The van der Waals surface area contributed by atoms with E-state index < -0.39 is 6.04 Å². The van der Waals surface area contributed by atoms with Crippen LogP contribution in [-0.4, -0.2) is 51.9 Å². The van der Waals surface area contributed by atoms with E-state index in [0.29, 0.717) is 37.0 Å². The Bertz CT molecular complexity index is 1460. The minimum atomic E-state index is -0.650. The zero-order valence-electron chi connectivity index (χ0n) is 26.8. The number of H-pyrrole nitrogens is 1. The van der Waals surface area contributed by atoms with Crippen LogP contribution in [0, 0.1) is 5.92 Å². The Balaban J connectivity index is 1.42. The van der Waals surface area contributed by atoms with Crippen molar-refractivity contribution in [2.24, 2.45) is 5.92 Å². The summed E-state index contributed by atoms with van der Waals surface area (Å²) in [6.07, 6.45) is 4.88. The number of aromatic amines is 1. The van der Waals surface area contributed by atoms with Crippen LogP contribution in [0.3, 0.4) is 0 Å². The van der Waals surface area contributed by atoms with Crippen molar-refractivity contribution in [1.29, 1.82) is 0 Å². The van der Waals surface area contributed by atoms with Gasteiger partial charge in [-0.1, -0.05) is 68.4 Å². The molecule has 44 heavy (non-hydrogen) atoms. The molecular weight excluding hydrogens is 548 g/mol. The first-order valence-electron chi connectivity index (χ1n) is 15.8. The third-order valence-corrected chi connectivity index (χ3v) is 7.93. The molecular formula is C36H48N6O2. The molecule has 0 spiro atoms. The molecule has 0 unspecified atom stereocenters. The second-order valence-corrected chi connectivity index (χ2v) is 12.3. The third kappa shape index (κ3) is 9.49. The highest BCUT2D eigenvalue weighted by Crippen LogP contribution is 2.24. The Morgan fingerprint density at radius 1 is 0.886 bits per heavy atom. The van der Waals surface area contributed by atoms with Gasteiger partial charge in [0.15, 0.2) is 0 Å². The minimum absolute atomic E-state index is 0.169. The second-order valence-electron chi connectivity index (χ2n) is 12.3. The van der Waals surface area contributed by atoms with Gasteiger partial charge in [0, 0.05) is 37.1 Å². The lowest BCUT2D eigenvalue weighted by Gasteiger charge is -2.29. The van der Waals surface area contributed by atoms with Crippen LogP contribution in [-0.2, 0) is 17.9 Å². The highest BCUT2D eigenvalue weighted by atomic mass is 16.2. The molecule has 0 aliphatic heterocycles. The summed E-state index contributed by atoms with van der Waals surface area (Å²) in [5.41, 5.74) is 2.65. The van der Waals surface area contributed by atoms with Crippen molar-refractivity contribution < 1.29 is 9.59 Å². The summed E-state index contributed by atoms with van der Waals surface area (Å²) in [5.74, 6) is 1.01. The summed E-state index contributed by atoms with van der Waals surface area (Å²) in [6.45, 7) is 14.0. The Hall–Kier alpha value is -4.01. The maximum absolute atomic E-state index is 13.7. The first-order chi connectivity index (χ1) is 21.2. The van der Waals surface area contributed by atoms with Crippen LogP contribution in [0.15, 0.2) is 79.1 Å². The van der Waals surface area contributed by atoms with E-state index in [0.717, 1.165) is 47.2 Å². The van der Waals surface area contributed by atoms with Gasteiger partial charge >= 0.3 is 0 Å². The summed E-state index contributed by atoms with van der Waals surface area (Å²) in [6, 6.07) is 21.4. The molecule has 0 fully saturated rings. The number of hydrogen-bond acceptors (Lipinski definition) is 5. The number of imidazole rings is 1. The fraction of sp³-hybridized carbons (Fsp3) is 0.417. The Labute approximate surface area is 262 Å². The molecule has 1 heterocycles. The highest BCUT2D eigenvalue weighted by molar-refractivity contribution is 5.97. The van der Waals surface area contributed by atoms with Crippen LogP contribution in [0.1, 0.15) is 80.8 Å². The SMILES string of the molecule is CC(C)CN(CCC[C@H](NC(=O)c1ccc(CNCc2ncc[nH]2)cc1)C(=O)N[C@@H](C)c1cccc2ccccc12)C(C)C. The maximum atomic E-state index is 13.7. The monoisotopic (exact) mass is 596 g/mol. The topological polar surface area (TPSA) is 102 Å². The van der Waals surface area contributed by atoms with Gasteiger partial charge in [0.1, 0.15) is 11.9 Å². The largest absolute Gasteiger partial charge is 0.348 e. The quantitative estimate of drug-likeness (QED) is 0.128. The van der Waals surface area contributed by atoms with Gasteiger partial charge in [-0.15, -0.1) is 0 Å². The van der Waals surface area contributed by atoms with Crippen LogP contribution < -0.4 is 16.0 Å². The number of carbonyl (C=O) groups is 2. The van der Waals surface area contributed by atoms with Crippen molar-refractivity contribution in [2.45, 2.75) is 78.7 Å². The fourth-order valence-electron chi connectivity index (χ4n) is 5.55. The molecule has 1 aromatic heterocycles. The normalized spacial score (nSPS) is 13.0. The summed E-state index contributed by atoms with van der Waals surface area (Å²) in [5, 5.41) is 11.8. The molecule has 234 valence electrons. The number of benzene rings is 3. The summed E-state index contributed by atoms with van der Waals surface area (Å²) < 4.78 is 0. The standard InChI is InChI=1S/C36H48N6O2/c1-25(2)24-42(26(3)4)21-9-14-33(36(44)40-27(5)31-13-8-11-29-10-6-7-12-32(29)31)41-35(43)30-17-15-28(16-18-30)22-37-23-34-38-19-20-39-34/h6-8,10-13,15-20,25-27,33,37H,9,14,21-24H2,1-5H3,(H,38,39)(H,40,44)(H,41,43)/t27-,33-/m0/s1. The van der Waals surface area contributed by atoms with Crippen molar-refractivity contribution >= 4 is 22.6 Å². The van der Waals surface area contributed by atoms with E-state index in [1.807, 2.05) is 49.4 Å². The molecule has 4 aromatic rings. The Morgan fingerprint density at radius 2 is 1.64 bits per heavy atom. The van der Waals surface area contributed by atoms with Gasteiger partial charge in [-0.2, -0.15) is 0 Å². The third-order valence-electron chi connectivity index (χ3n) is 7.93. The van der Waals surface area contributed by atoms with E-state index in [1.165, 1.54) is 0 Å². The van der Waals surface area contributed by atoms with Crippen LogP contribution in [0.4, 0.5) is 0 Å². The van der Waals surface area contributed by atoms with Crippen LogP contribution in [0.5, 0.6) is 0 Å². The van der Waals surface area contributed by atoms with Gasteiger partial charge in [-0.25, -0.2) is 4.98 Å². The number of carbonyl (C=O) groups excluding carboxylic acids is 2. The smallest absolute Gasteiger partial charge is 0.251 e. The maximum Gasteiger partial charge on any atom is 0.251 e. The zero-order chi connectivity index (χ0) is 31.5. The van der Waals surface area contributed by atoms with Crippen LogP contribution >= 0.6 is 0 Å². The van der Waals surface area contributed by atoms with E-state index in [-0.39, 0.29) is 17.9 Å². The fourth-order valence-corrected chi connectivity index (χ4v) is 5.55. The van der Waals surface area contributed by atoms with Gasteiger partial charge in [0.2, 0.25) is 5.91 Å². The number of fused-ring (bicyclic) bond motifs is 1. The van der Waals surface area contributed by atoms with Crippen molar-refractivity contribution in [1.82, 2.24) is 30.8 Å². The Kier molecular flexibility index (Phi) is 12.1. The zero-order valence-corrected chi connectivity index (χ0v) is 26.8. The first kappa shape index (κ1) is 32.9. The number of amides is 2. The summed E-state index contributed by atoms with van der Waals surface area (Å²) in [7, 11) is 0. The van der Waals surface area contributed by atoms with Crippen molar-refractivity contribution in [3.63, 3.8) is 0 Å². The predicted octanol–water partition coefficient (Wildman–Crippen LogP) is 5.98.